The molecule has 0 radical (unpaired) electrons. The number of unbranched alkanes of at least 4 members (excludes halogenated alkanes) is 1. The number of nitrogens with one attached hydrogen (secondary N) is 1. The van der Waals surface area contributed by atoms with Crippen molar-refractivity contribution in [3.05, 3.63) is 29.8 Å². The fourth-order valence-corrected chi connectivity index (χ4v) is 3.03. The van der Waals surface area contributed by atoms with E-state index in [1.807, 2.05) is 6.07 Å². The SMILES string of the molecule is COCCOCCCCNS(=O)(=O)c1ccccc1C. The molecule has 0 unspecified atom stereocenters. The Morgan fingerprint density at radius 1 is 1.10 bits per heavy atom. The monoisotopic (exact) mass is 301 g/mol. The fraction of sp³-hybridized carbons (Fsp3) is 0.571. The Morgan fingerprint density at radius 2 is 1.85 bits per heavy atom. The van der Waals surface area contributed by atoms with Crippen LogP contribution >= 0.6 is 0 Å². The first-order chi connectivity index (χ1) is 9.58. The topological polar surface area (TPSA) is 64.6 Å². The lowest BCUT2D eigenvalue weighted by Gasteiger charge is -2.09. The maximum absolute atomic E-state index is 12.1. The number of aryl methyl sites for hydroxylation is 1. The first kappa shape index (κ1) is 17.1. The van der Waals surface area contributed by atoms with E-state index in [4.69, 9.17) is 9.47 Å². The Labute approximate surface area is 121 Å². The maximum atomic E-state index is 12.1. The van der Waals surface area contributed by atoms with Crippen LogP contribution in [-0.2, 0) is 19.5 Å². The molecule has 5 nitrogen and oxygen atoms in total. The fourth-order valence-electron chi connectivity index (χ4n) is 1.72. The zero-order chi connectivity index (χ0) is 14.8. The van der Waals surface area contributed by atoms with Crippen LogP contribution in [0.4, 0.5) is 0 Å². The van der Waals surface area contributed by atoms with Gasteiger partial charge in [-0.15, -0.1) is 0 Å². The summed E-state index contributed by atoms with van der Waals surface area (Å²) in [4.78, 5) is 0.344. The molecule has 0 aliphatic carbocycles. The molecule has 0 saturated heterocycles. The Morgan fingerprint density at radius 3 is 2.55 bits per heavy atom. The van der Waals surface area contributed by atoms with Crippen molar-refractivity contribution < 1.29 is 17.9 Å². The number of hydrogen-bond acceptors (Lipinski definition) is 4. The zero-order valence-electron chi connectivity index (χ0n) is 12.1. The number of methoxy groups -OCH3 is 1. The lowest BCUT2D eigenvalue weighted by molar-refractivity contribution is 0.0689. The van der Waals surface area contributed by atoms with Crippen molar-refractivity contribution in [1.82, 2.24) is 4.72 Å². The minimum atomic E-state index is -3.40. The van der Waals surface area contributed by atoms with E-state index < -0.39 is 10.0 Å². The average Bonchev–Trinajstić information content (AvgIpc) is 2.42. The van der Waals surface area contributed by atoms with Crippen LogP contribution in [0.5, 0.6) is 0 Å². The number of sulfonamides is 1. The highest BCUT2D eigenvalue weighted by atomic mass is 32.2. The van der Waals surface area contributed by atoms with E-state index in [1.165, 1.54) is 0 Å². The van der Waals surface area contributed by atoms with Crippen molar-refractivity contribution in [2.75, 3.05) is 33.5 Å². The molecule has 1 aromatic carbocycles. The van der Waals surface area contributed by atoms with Crippen LogP contribution in [0.15, 0.2) is 29.2 Å². The van der Waals surface area contributed by atoms with Crippen molar-refractivity contribution in [3.8, 4) is 0 Å². The van der Waals surface area contributed by atoms with Crippen molar-refractivity contribution in [3.63, 3.8) is 0 Å². The maximum Gasteiger partial charge on any atom is 0.240 e. The molecule has 0 bridgehead atoms. The first-order valence-corrected chi connectivity index (χ1v) is 8.18. The van der Waals surface area contributed by atoms with Gasteiger partial charge in [0.15, 0.2) is 0 Å². The van der Waals surface area contributed by atoms with Crippen LogP contribution in [-0.4, -0.2) is 41.9 Å². The standard InChI is InChI=1S/C14H23NO4S/c1-13-7-3-4-8-14(13)20(16,17)15-9-5-6-10-19-12-11-18-2/h3-4,7-8,15H,5-6,9-12H2,1-2H3. The molecule has 0 aliphatic heterocycles. The molecule has 6 heteroatoms. The molecule has 20 heavy (non-hydrogen) atoms. The van der Waals surface area contributed by atoms with Crippen LogP contribution in [0.25, 0.3) is 0 Å². The van der Waals surface area contributed by atoms with Gasteiger partial charge in [-0.3, -0.25) is 0 Å². The highest BCUT2D eigenvalue weighted by molar-refractivity contribution is 7.89. The van der Waals surface area contributed by atoms with E-state index in [1.54, 1.807) is 32.2 Å². The second kappa shape index (κ2) is 9.07. The minimum absolute atomic E-state index is 0.344. The van der Waals surface area contributed by atoms with Gasteiger partial charge in [0.2, 0.25) is 10.0 Å². The summed E-state index contributed by atoms with van der Waals surface area (Å²) in [5.74, 6) is 0. The molecule has 1 aromatic rings. The number of hydrogen-bond donors (Lipinski definition) is 1. The summed E-state index contributed by atoms with van der Waals surface area (Å²) in [5.41, 5.74) is 0.753. The second-order valence-corrected chi connectivity index (χ2v) is 6.21. The predicted octanol–water partition coefficient (Wildman–Crippen LogP) is 1.72. The minimum Gasteiger partial charge on any atom is -0.382 e. The van der Waals surface area contributed by atoms with Crippen LogP contribution in [0.1, 0.15) is 18.4 Å². The number of rotatable bonds is 10. The summed E-state index contributed by atoms with van der Waals surface area (Å²) >= 11 is 0. The van der Waals surface area contributed by atoms with E-state index in [2.05, 4.69) is 4.72 Å². The van der Waals surface area contributed by atoms with E-state index in [0.717, 1.165) is 18.4 Å². The smallest absolute Gasteiger partial charge is 0.240 e. The van der Waals surface area contributed by atoms with Crippen molar-refractivity contribution in [1.29, 1.82) is 0 Å². The third-order valence-electron chi connectivity index (χ3n) is 2.82. The van der Waals surface area contributed by atoms with E-state index >= 15 is 0 Å². The molecule has 1 rings (SSSR count). The molecule has 0 spiro atoms. The third kappa shape index (κ3) is 6.00. The Balaban J connectivity index is 2.26. The van der Waals surface area contributed by atoms with Crippen LogP contribution in [0.3, 0.4) is 0 Å². The van der Waals surface area contributed by atoms with Crippen molar-refractivity contribution in [2.45, 2.75) is 24.7 Å². The third-order valence-corrected chi connectivity index (χ3v) is 4.44. The van der Waals surface area contributed by atoms with Gasteiger partial charge >= 0.3 is 0 Å². The largest absolute Gasteiger partial charge is 0.382 e. The molecule has 0 saturated carbocycles. The summed E-state index contributed by atoms with van der Waals surface area (Å²) < 4.78 is 36.9. The van der Waals surface area contributed by atoms with Crippen molar-refractivity contribution in [2.24, 2.45) is 0 Å². The average molecular weight is 301 g/mol. The molecule has 1 N–H and O–H groups in total. The molecular weight excluding hydrogens is 278 g/mol. The molecule has 0 heterocycles. The van der Waals surface area contributed by atoms with Gasteiger partial charge in [-0.2, -0.15) is 0 Å². The molecule has 0 aromatic heterocycles. The normalized spacial score (nSPS) is 11.7. The van der Waals surface area contributed by atoms with E-state index in [9.17, 15) is 8.42 Å². The van der Waals surface area contributed by atoms with Gasteiger partial charge in [0, 0.05) is 20.3 Å². The lowest BCUT2D eigenvalue weighted by Crippen LogP contribution is -2.25. The predicted molar refractivity (Wildman–Crippen MR) is 78.3 cm³/mol. The van der Waals surface area contributed by atoms with Gasteiger partial charge in [0.25, 0.3) is 0 Å². The summed E-state index contributed by atoms with van der Waals surface area (Å²) in [5, 5.41) is 0. The number of benzene rings is 1. The lowest BCUT2D eigenvalue weighted by atomic mass is 10.2. The molecule has 0 atom stereocenters. The summed E-state index contributed by atoms with van der Waals surface area (Å²) in [6.45, 7) is 3.99. The van der Waals surface area contributed by atoms with Gasteiger partial charge in [-0.25, -0.2) is 13.1 Å². The first-order valence-electron chi connectivity index (χ1n) is 6.70. The van der Waals surface area contributed by atoms with Gasteiger partial charge < -0.3 is 9.47 Å². The van der Waals surface area contributed by atoms with Crippen LogP contribution in [0.2, 0.25) is 0 Å². The van der Waals surface area contributed by atoms with E-state index in [-0.39, 0.29) is 0 Å². The van der Waals surface area contributed by atoms with Gasteiger partial charge in [-0.05, 0) is 31.4 Å². The summed E-state index contributed by atoms with van der Waals surface area (Å²) in [6, 6.07) is 6.96. The molecule has 114 valence electrons. The number of ether oxygens (including phenoxy) is 2. The highest BCUT2D eigenvalue weighted by Crippen LogP contribution is 2.13. The second-order valence-electron chi connectivity index (χ2n) is 4.48. The van der Waals surface area contributed by atoms with Gasteiger partial charge in [0.1, 0.15) is 0 Å². The highest BCUT2D eigenvalue weighted by Gasteiger charge is 2.14. The Hall–Kier alpha value is -0.950. The quantitative estimate of drug-likeness (QED) is 0.668. The van der Waals surface area contributed by atoms with Gasteiger partial charge in [-0.1, -0.05) is 18.2 Å². The summed E-state index contributed by atoms with van der Waals surface area (Å²) in [7, 11) is -1.77. The van der Waals surface area contributed by atoms with Crippen molar-refractivity contribution >= 4 is 10.0 Å². The zero-order valence-corrected chi connectivity index (χ0v) is 12.9. The molecular formula is C14H23NO4S. The molecule has 0 fully saturated rings. The van der Waals surface area contributed by atoms with Crippen LogP contribution < -0.4 is 4.72 Å². The Kier molecular flexibility index (Phi) is 7.76. The van der Waals surface area contributed by atoms with Gasteiger partial charge in [0.05, 0.1) is 18.1 Å². The van der Waals surface area contributed by atoms with E-state index in [0.29, 0.717) is 31.3 Å². The van der Waals surface area contributed by atoms with Crippen LogP contribution in [0, 0.1) is 6.92 Å². The Bertz CT molecular complexity index is 488. The molecule has 0 amide bonds. The summed E-state index contributed by atoms with van der Waals surface area (Å²) in [6.07, 6.45) is 1.57. The molecule has 0 aliphatic rings.